The van der Waals surface area contributed by atoms with Gasteiger partial charge in [-0.2, -0.15) is 0 Å². The molecule has 0 saturated carbocycles. The lowest BCUT2D eigenvalue weighted by Gasteiger charge is -2.18. The number of oxazole rings is 1. The molecular formula is C17H24N2OS. The van der Waals surface area contributed by atoms with Crippen LogP contribution in [0.2, 0.25) is 0 Å². The van der Waals surface area contributed by atoms with Gasteiger partial charge in [-0.3, -0.25) is 0 Å². The van der Waals surface area contributed by atoms with Crippen LogP contribution in [-0.2, 0) is 6.42 Å². The summed E-state index contributed by atoms with van der Waals surface area (Å²) in [6.07, 6.45) is 4.44. The highest BCUT2D eigenvalue weighted by molar-refractivity contribution is 7.99. The smallest absolute Gasteiger partial charge is 0.255 e. The molecule has 2 aromatic rings. The molecule has 0 fully saturated rings. The molecule has 1 atom stereocenters. The van der Waals surface area contributed by atoms with Crippen LogP contribution < -0.4 is 5.32 Å². The minimum Gasteiger partial charge on any atom is -0.440 e. The lowest BCUT2D eigenvalue weighted by Crippen LogP contribution is -2.23. The van der Waals surface area contributed by atoms with Crippen molar-refractivity contribution in [1.82, 2.24) is 10.3 Å². The van der Waals surface area contributed by atoms with E-state index in [4.69, 9.17) is 4.42 Å². The van der Waals surface area contributed by atoms with Crippen LogP contribution in [0, 0.1) is 5.92 Å². The highest BCUT2D eigenvalue weighted by Gasteiger charge is 2.12. The number of benzene rings is 1. The van der Waals surface area contributed by atoms with Crippen LogP contribution in [0.1, 0.15) is 37.9 Å². The molecule has 1 aromatic carbocycles. The van der Waals surface area contributed by atoms with E-state index in [-0.39, 0.29) is 0 Å². The molecule has 1 heterocycles. The monoisotopic (exact) mass is 304 g/mol. The molecule has 0 aliphatic carbocycles. The van der Waals surface area contributed by atoms with Gasteiger partial charge in [0.2, 0.25) is 0 Å². The topological polar surface area (TPSA) is 38.1 Å². The number of nitrogens with one attached hydrogen (secondary N) is 1. The molecule has 4 heteroatoms. The zero-order valence-electron chi connectivity index (χ0n) is 13.0. The summed E-state index contributed by atoms with van der Waals surface area (Å²) < 4.78 is 5.28. The van der Waals surface area contributed by atoms with E-state index in [1.54, 1.807) is 24.2 Å². The first-order chi connectivity index (χ1) is 10.2. The Bertz CT molecular complexity index is 508. The maximum Gasteiger partial charge on any atom is 0.255 e. The van der Waals surface area contributed by atoms with Gasteiger partial charge in [0.1, 0.15) is 6.26 Å². The van der Waals surface area contributed by atoms with Gasteiger partial charge in [-0.15, -0.1) is 0 Å². The van der Waals surface area contributed by atoms with Gasteiger partial charge in [-0.1, -0.05) is 56.8 Å². The van der Waals surface area contributed by atoms with Gasteiger partial charge in [-0.25, -0.2) is 4.98 Å². The molecule has 0 bridgehead atoms. The fraction of sp³-hybridized carbons (Fsp3) is 0.471. The Morgan fingerprint density at radius 3 is 2.57 bits per heavy atom. The van der Waals surface area contributed by atoms with Crippen LogP contribution in [0.5, 0.6) is 0 Å². The summed E-state index contributed by atoms with van der Waals surface area (Å²) in [5.41, 5.74) is 2.73. The Morgan fingerprint density at radius 2 is 2.00 bits per heavy atom. The highest BCUT2D eigenvalue weighted by atomic mass is 32.2. The third-order valence-electron chi connectivity index (χ3n) is 3.26. The molecule has 0 amide bonds. The Hall–Kier alpha value is -1.26. The first-order valence-electron chi connectivity index (χ1n) is 7.53. The quantitative estimate of drug-likeness (QED) is 0.737. The van der Waals surface area contributed by atoms with E-state index >= 15 is 0 Å². The number of aromatic nitrogens is 1. The molecule has 0 saturated heterocycles. The van der Waals surface area contributed by atoms with Crippen molar-refractivity contribution in [3.05, 3.63) is 47.9 Å². The third kappa shape index (κ3) is 5.21. The number of hydrogen-bond donors (Lipinski definition) is 1. The predicted octanol–water partition coefficient (Wildman–Crippen LogP) is 4.32. The van der Waals surface area contributed by atoms with E-state index in [1.807, 2.05) is 0 Å². The van der Waals surface area contributed by atoms with E-state index in [9.17, 15) is 0 Å². The molecule has 1 unspecified atom stereocenters. The molecule has 1 N–H and O–H groups in total. The zero-order valence-corrected chi connectivity index (χ0v) is 13.8. The maximum absolute atomic E-state index is 5.28. The predicted molar refractivity (Wildman–Crippen MR) is 88.6 cm³/mol. The summed E-state index contributed by atoms with van der Waals surface area (Å²) in [5, 5.41) is 4.26. The average molecular weight is 304 g/mol. The van der Waals surface area contributed by atoms with E-state index in [1.165, 1.54) is 11.1 Å². The van der Waals surface area contributed by atoms with E-state index < -0.39 is 0 Å². The van der Waals surface area contributed by atoms with Crippen molar-refractivity contribution >= 4 is 11.8 Å². The van der Waals surface area contributed by atoms with Gasteiger partial charge < -0.3 is 9.73 Å². The third-order valence-corrected chi connectivity index (χ3v) is 4.21. The lowest BCUT2D eigenvalue weighted by molar-refractivity contribution is 0.453. The number of nitrogens with zero attached hydrogens (tertiary/aromatic N) is 1. The first-order valence-corrected chi connectivity index (χ1v) is 8.52. The lowest BCUT2D eigenvalue weighted by atomic mass is 10.00. The Morgan fingerprint density at radius 1 is 1.24 bits per heavy atom. The van der Waals surface area contributed by atoms with Gasteiger partial charge in [0, 0.05) is 11.8 Å². The molecule has 0 radical (unpaired) electrons. The normalized spacial score (nSPS) is 12.8. The molecule has 21 heavy (non-hydrogen) atoms. The van der Waals surface area contributed by atoms with Crippen LogP contribution in [0.4, 0.5) is 0 Å². The van der Waals surface area contributed by atoms with Crippen molar-refractivity contribution in [3.8, 4) is 0 Å². The number of rotatable bonds is 8. The molecule has 0 aliphatic rings. The van der Waals surface area contributed by atoms with Crippen molar-refractivity contribution in [2.45, 2.75) is 38.5 Å². The van der Waals surface area contributed by atoms with E-state index in [0.29, 0.717) is 12.0 Å². The summed E-state index contributed by atoms with van der Waals surface area (Å²) in [4.78, 5) is 4.16. The van der Waals surface area contributed by atoms with Crippen molar-refractivity contribution in [1.29, 1.82) is 0 Å². The summed E-state index contributed by atoms with van der Waals surface area (Å²) in [5.74, 6) is 1.61. The maximum atomic E-state index is 5.28. The Balaban J connectivity index is 1.99. The van der Waals surface area contributed by atoms with Gasteiger partial charge >= 0.3 is 0 Å². The second-order valence-corrected chi connectivity index (χ2v) is 6.53. The first kappa shape index (κ1) is 16.1. The van der Waals surface area contributed by atoms with Crippen LogP contribution in [0.3, 0.4) is 0 Å². The van der Waals surface area contributed by atoms with Crippen LogP contribution in [0.25, 0.3) is 0 Å². The summed E-state index contributed by atoms with van der Waals surface area (Å²) in [7, 11) is 0. The van der Waals surface area contributed by atoms with Crippen LogP contribution in [-0.4, -0.2) is 17.3 Å². The van der Waals surface area contributed by atoms with Crippen molar-refractivity contribution in [3.63, 3.8) is 0 Å². The van der Waals surface area contributed by atoms with E-state index in [0.717, 1.165) is 23.9 Å². The second-order valence-electron chi connectivity index (χ2n) is 5.56. The van der Waals surface area contributed by atoms with Crippen molar-refractivity contribution < 1.29 is 4.42 Å². The highest BCUT2D eigenvalue weighted by Crippen LogP contribution is 2.24. The SMILES string of the molecule is CCNC(CSc1ncco1)c1ccc(CC(C)C)cc1. The van der Waals surface area contributed by atoms with Gasteiger partial charge in [0.25, 0.3) is 5.22 Å². The standard InChI is InChI=1S/C17H24N2OS/c1-4-18-16(12-21-17-19-9-10-20-17)15-7-5-14(6-8-15)11-13(2)3/h5-10,13,16,18H,4,11-12H2,1-3H3. The van der Waals surface area contributed by atoms with Gasteiger partial charge in [0.15, 0.2) is 0 Å². The van der Waals surface area contributed by atoms with Gasteiger partial charge in [0.05, 0.1) is 6.20 Å². The number of hydrogen-bond acceptors (Lipinski definition) is 4. The van der Waals surface area contributed by atoms with Gasteiger partial charge in [-0.05, 0) is 30.0 Å². The van der Waals surface area contributed by atoms with Crippen LogP contribution >= 0.6 is 11.8 Å². The Labute approximate surface area is 131 Å². The minimum absolute atomic E-state index is 0.319. The summed E-state index contributed by atoms with van der Waals surface area (Å²) >= 11 is 1.64. The van der Waals surface area contributed by atoms with Crippen LogP contribution in [0.15, 0.2) is 46.4 Å². The largest absolute Gasteiger partial charge is 0.440 e. The fourth-order valence-electron chi connectivity index (χ4n) is 2.31. The molecule has 114 valence electrons. The summed E-state index contributed by atoms with van der Waals surface area (Å²) in [6, 6.07) is 9.29. The minimum atomic E-state index is 0.319. The summed E-state index contributed by atoms with van der Waals surface area (Å²) in [6.45, 7) is 7.59. The molecule has 3 nitrogen and oxygen atoms in total. The molecule has 2 rings (SSSR count). The molecule has 0 spiro atoms. The van der Waals surface area contributed by atoms with Crippen molar-refractivity contribution in [2.24, 2.45) is 5.92 Å². The molecule has 0 aliphatic heterocycles. The fourth-order valence-corrected chi connectivity index (χ4v) is 3.19. The number of thioether (sulfide) groups is 1. The average Bonchev–Trinajstić information content (AvgIpc) is 2.97. The molecule has 1 aromatic heterocycles. The molecular weight excluding hydrogens is 280 g/mol. The Kier molecular flexibility index (Phi) is 6.33. The zero-order chi connectivity index (χ0) is 15.1. The second kappa shape index (κ2) is 8.25. The van der Waals surface area contributed by atoms with E-state index in [2.05, 4.69) is 55.3 Å². The van der Waals surface area contributed by atoms with Crippen molar-refractivity contribution in [2.75, 3.05) is 12.3 Å².